The van der Waals surface area contributed by atoms with Crippen LogP contribution in [0, 0.1) is 0 Å². The van der Waals surface area contributed by atoms with E-state index in [2.05, 4.69) is 30.4 Å². The molecule has 1 N–H and O–H groups in total. The minimum Gasteiger partial charge on any atom is -0.319 e. The van der Waals surface area contributed by atoms with E-state index in [-0.39, 0.29) is 0 Å². The van der Waals surface area contributed by atoms with Gasteiger partial charge in [-0.05, 0) is 51.1 Å². The lowest BCUT2D eigenvalue weighted by molar-refractivity contribution is 0.803. The number of halogens is 1. The summed E-state index contributed by atoms with van der Waals surface area (Å²) in [6.45, 7) is 3.21. The molecule has 0 aliphatic carbocycles. The highest BCUT2D eigenvalue weighted by atomic mass is 35.5. The SMILES string of the molecule is CNCCC=C(C)Cc1ccc(Cl)cc1. The predicted octanol–water partition coefficient (Wildman–Crippen LogP) is 3.44. The summed E-state index contributed by atoms with van der Waals surface area (Å²) >= 11 is 5.83. The molecule has 0 fully saturated rings. The lowest BCUT2D eigenvalue weighted by atomic mass is 10.1. The largest absolute Gasteiger partial charge is 0.319 e. The van der Waals surface area contributed by atoms with Gasteiger partial charge in [0.2, 0.25) is 0 Å². The van der Waals surface area contributed by atoms with E-state index < -0.39 is 0 Å². The molecule has 1 aromatic rings. The van der Waals surface area contributed by atoms with Crippen molar-refractivity contribution in [1.29, 1.82) is 0 Å². The number of hydrogen-bond donors (Lipinski definition) is 1. The highest BCUT2D eigenvalue weighted by Crippen LogP contribution is 2.13. The van der Waals surface area contributed by atoms with Crippen molar-refractivity contribution in [3.8, 4) is 0 Å². The zero-order chi connectivity index (χ0) is 11.1. The zero-order valence-corrected chi connectivity index (χ0v) is 10.1. The second-order valence-corrected chi connectivity index (χ2v) is 4.18. The monoisotopic (exact) mass is 223 g/mol. The first-order valence-corrected chi connectivity index (χ1v) is 5.65. The van der Waals surface area contributed by atoms with Gasteiger partial charge in [-0.1, -0.05) is 35.4 Å². The maximum absolute atomic E-state index is 5.83. The molecule has 0 aliphatic rings. The minimum absolute atomic E-state index is 0.801. The van der Waals surface area contributed by atoms with E-state index >= 15 is 0 Å². The molecule has 0 saturated heterocycles. The molecular weight excluding hydrogens is 206 g/mol. The van der Waals surface area contributed by atoms with Gasteiger partial charge in [-0.2, -0.15) is 0 Å². The van der Waals surface area contributed by atoms with Crippen LogP contribution >= 0.6 is 11.6 Å². The first-order valence-electron chi connectivity index (χ1n) is 5.27. The number of rotatable bonds is 5. The molecule has 15 heavy (non-hydrogen) atoms. The Morgan fingerprint density at radius 3 is 2.60 bits per heavy atom. The Labute approximate surface area is 97.1 Å². The molecule has 82 valence electrons. The van der Waals surface area contributed by atoms with Crippen LogP contribution in [0.5, 0.6) is 0 Å². The van der Waals surface area contributed by atoms with Gasteiger partial charge in [0.15, 0.2) is 0 Å². The Bertz CT molecular complexity index is 314. The van der Waals surface area contributed by atoms with Crippen LogP contribution in [-0.2, 0) is 6.42 Å². The average molecular weight is 224 g/mol. The van der Waals surface area contributed by atoms with E-state index in [0.717, 1.165) is 24.4 Å². The smallest absolute Gasteiger partial charge is 0.0406 e. The van der Waals surface area contributed by atoms with Crippen molar-refractivity contribution in [3.05, 3.63) is 46.5 Å². The quantitative estimate of drug-likeness (QED) is 0.596. The fraction of sp³-hybridized carbons (Fsp3) is 0.385. The van der Waals surface area contributed by atoms with E-state index in [1.165, 1.54) is 11.1 Å². The molecule has 0 atom stereocenters. The molecular formula is C13H18ClN. The second kappa shape index (κ2) is 6.65. The lowest BCUT2D eigenvalue weighted by Crippen LogP contribution is -2.06. The highest BCUT2D eigenvalue weighted by Gasteiger charge is 1.94. The van der Waals surface area contributed by atoms with Crippen molar-refractivity contribution in [2.75, 3.05) is 13.6 Å². The van der Waals surface area contributed by atoms with Crippen LogP contribution in [0.1, 0.15) is 18.9 Å². The summed E-state index contributed by atoms with van der Waals surface area (Å²) in [5, 5.41) is 3.93. The Morgan fingerprint density at radius 2 is 2.00 bits per heavy atom. The molecule has 0 radical (unpaired) electrons. The molecule has 1 rings (SSSR count). The van der Waals surface area contributed by atoms with Gasteiger partial charge in [0.05, 0.1) is 0 Å². The van der Waals surface area contributed by atoms with Crippen molar-refractivity contribution < 1.29 is 0 Å². The third kappa shape index (κ3) is 5.01. The molecule has 1 nitrogen and oxygen atoms in total. The van der Waals surface area contributed by atoms with Gasteiger partial charge in [0, 0.05) is 5.02 Å². The number of hydrogen-bond acceptors (Lipinski definition) is 1. The fourth-order valence-electron chi connectivity index (χ4n) is 1.46. The summed E-state index contributed by atoms with van der Waals surface area (Å²) in [7, 11) is 1.97. The molecule has 0 aliphatic heterocycles. The average Bonchev–Trinajstić information content (AvgIpc) is 2.22. The van der Waals surface area contributed by atoms with Gasteiger partial charge in [-0.25, -0.2) is 0 Å². The van der Waals surface area contributed by atoms with Crippen LogP contribution in [0.25, 0.3) is 0 Å². The Balaban J connectivity index is 2.47. The van der Waals surface area contributed by atoms with E-state index in [1.54, 1.807) is 0 Å². The highest BCUT2D eigenvalue weighted by molar-refractivity contribution is 6.30. The van der Waals surface area contributed by atoms with E-state index in [4.69, 9.17) is 11.6 Å². The van der Waals surface area contributed by atoms with E-state index in [1.807, 2.05) is 19.2 Å². The normalized spacial score (nSPS) is 11.8. The summed E-state index contributed by atoms with van der Waals surface area (Å²) in [4.78, 5) is 0. The van der Waals surface area contributed by atoms with Crippen molar-refractivity contribution >= 4 is 11.6 Å². The van der Waals surface area contributed by atoms with Crippen LogP contribution in [0.15, 0.2) is 35.9 Å². The van der Waals surface area contributed by atoms with E-state index in [9.17, 15) is 0 Å². The molecule has 0 unspecified atom stereocenters. The van der Waals surface area contributed by atoms with Gasteiger partial charge in [0.25, 0.3) is 0 Å². The second-order valence-electron chi connectivity index (χ2n) is 3.75. The van der Waals surface area contributed by atoms with Crippen molar-refractivity contribution in [3.63, 3.8) is 0 Å². The molecule has 1 aromatic carbocycles. The van der Waals surface area contributed by atoms with Crippen LogP contribution in [0.3, 0.4) is 0 Å². The molecule has 0 aromatic heterocycles. The van der Waals surface area contributed by atoms with Gasteiger partial charge < -0.3 is 5.32 Å². The molecule has 2 heteroatoms. The van der Waals surface area contributed by atoms with Gasteiger partial charge >= 0.3 is 0 Å². The Morgan fingerprint density at radius 1 is 1.33 bits per heavy atom. The molecule has 0 saturated carbocycles. The van der Waals surface area contributed by atoms with E-state index in [0.29, 0.717) is 0 Å². The fourth-order valence-corrected chi connectivity index (χ4v) is 1.59. The van der Waals surface area contributed by atoms with Gasteiger partial charge in [-0.15, -0.1) is 0 Å². The Hall–Kier alpha value is -0.790. The van der Waals surface area contributed by atoms with Crippen molar-refractivity contribution in [1.82, 2.24) is 5.32 Å². The Kier molecular flexibility index (Phi) is 5.44. The molecule has 0 bridgehead atoms. The van der Waals surface area contributed by atoms with Crippen LogP contribution in [0.2, 0.25) is 5.02 Å². The maximum atomic E-state index is 5.83. The summed E-state index contributed by atoms with van der Waals surface area (Å²) in [5.74, 6) is 0. The van der Waals surface area contributed by atoms with Gasteiger partial charge in [0.1, 0.15) is 0 Å². The number of benzene rings is 1. The van der Waals surface area contributed by atoms with Crippen LogP contribution < -0.4 is 5.32 Å². The van der Waals surface area contributed by atoms with Crippen molar-refractivity contribution in [2.24, 2.45) is 0 Å². The van der Waals surface area contributed by atoms with Crippen molar-refractivity contribution in [2.45, 2.75) is 19.8 Å². The third-order valence-corrected chi connectivity index (χ3v) is 2.54. The zero-order valence-electron chi connectivity index (χ0n) is 9.39. The molecule has 0 heterocycles. The molecule has 0 amide bonds. The van der Waals surface area contributed by atoms with Crippen LogP contribution in [0.4, 0.5) is 0 Å². The topological polar surface area (TPSA) is 12.0 Å². The summed E-state index contributed by atoms with van der Waals surface area (Å²) in [6.07, 6.45) is 4.39. The minimum atomic E-state index is 0.801. The summed E-state index contributed by atoms with van der Waals surface area (Å²) in [6, 6.07) is 8.05. The first-order chi connectivity index (χ1) is 7.22. The summed E-state index contributed by atoms with van der Waals surface area (Å²) in [5.41, 5.74) is 2.73. The standard InChI is InChI=1S/C13H18ClN/c1-11(4-3-9-15-2)10-12-5-7-13(14)8-6-12/h4-8,15H,3,9-10H2,1-2H3. The third-order valence-electron chi connectivity index (χ3n) is 2.28. The summed E-state index contributed by atoms with van der Waals surface area (Å²) < 4.78 is 0. The molecule has 0 spiro atoms. The maximum Gasteiger partial charge on any atom is 0.0406 e. The van der Waals surface area contributed by atoms with Crippen LogP contribution in [-0.4, -0.2) is 13.6 Å². The lowest BCUT2D eigenvalue weighted by Gasteiger charge is -2.02. The predicted molar refractivity (Wildman–Crippen MR) is 67.5 cm³/mol. The van der Waals surface area contributed by atoms with Gasteiger partial charge in [-0.3, -0.25) is 0 Å². The first kappa shape index (κ1) is 12.3. The number of nitrogens with one attached hydrogen (secondary N) is 1. The number of allylic oxidation sites excluding steroid dienone is 1.